The quantitative estimate of drug-likeness (QED) is 0.200. The van der Waals surface area contributed by atoms with Gasteiger partial charge in [0.15, 0.2) is 6.10 Å². The van der Waals surface area contributed by atoms with E-state index in [1.54, 1.807) is 60.7 Å². The predicted octanol–water partition coefficient (Wildman–Crippen LogP) is 4.93. The zero-order valence-corrected chi connectivity index (χ0v) is 20.2. The SMILES string of the molecule is COc1ccc(C(=O)[C@H](OC(=O)c2ccc(N3C(=O)[C@@H]4CC=CC[C@H]4C3=O)cc2)c2ccccc2)cc1. The number of fused-ring (bicyclic) bond motifs is 1. The third kappa shape index (κ3) is 4.68. The number of methoxy groups -OCH3 is 1. The van der Waals surface area contributed by atoms with Gasteiger partial charge in [-0.1, -0.05) is 42.5 Å². The number of carbonyl (C=O) groups is 4. The number of benzene rings is 3. The Labute approximate surface area is 214 Å². The molecule has 0 spiro atoms. The van der Waals surface area contributed by atoms with E-state index in [0.29, 0.717) is 35.4 Å². The van der Waals surface area contributed by atoms with Crippen LogP contribution in [0, 0.1) is 11.8 Å². The van der Waals surface area contributed by atoms with Crippen LogP contribution in [0.3, 0.4) is 0 Å². The summed E-state index contributed by atoms with van der Waals surface area (Å²) in [6.45, 7) is 0. The van der Waals surface area contributed by atoms with Gasteiger partial charge in [0.05, 0.1) is 30.2 Å². The van der Waals surface area contributed by atoms with Crippen LogP contribution in [0.4, 0.5) is 5.69 Å². The normalized spacial score (nSPS) is 19.3. The van der Waals surface area contributed by atoms with Gasteiger partial charge in [-0.2, -0.15) is 0 Å². The van der Waals surface area contributed by atoms with Crippen LogP contribution in [0.25, 0.3) is 0 Å². The highest BCUT2D eigenvalue weighted by Crippen LogP contribution is 2.37. The summed E-state index contributed by atoms with van der Waals surface area (Å²) in [5.41, 5.74) is 1.53. The van der Waals surface area contributed by atoms with Gasteiger partial charge in [-0.05, 0) is 61.4 Å². The lowest BCUT2D eigenvalue weighted by Crippen LogP contribution is -2.30. The Balaban J connectivity index is 1.36. The van der Waals surface area contributed by atoms with Gasteiger partial charge in [0.25, 0.3) is 0 Å². The van der Waals surface area contributed by atoms with E-state index in [0.717, 1.165) is 0 Å². The number of nitrogens with zero attached hydrogens (tertiary/aromatic N) is 1. The lowest BCUT2D eigenvalue weighted by molar-refractivity contribution is -0.122. The summed E-state index contributed by atoms with van der Waals surface area (Å²) in [5.74, 6) is -1.57. The van der Waals surface area contributed by atoms with Gasteiger partial charge in [-0.15, -0.1) is 0 Å². The molecule has 1 aliphatic carbocycles. The summed E-state index contributed by atoms with van der Waals surface area (Å²) < 4.78 is 10.9. The number of rotatable bonds is 7. The number of esters is 1. The van der Waals surface area contributed by atoms with Crippen LogP contribution in [-0.4, -0.2) is 30.7 Å². The van der Waals surface area contributed by atoms with Crippen molar-refractivity contribution < 1.29 is 28.7 Å². The number of anilines is 1. The van der Waals surface area contributed by atoms with Crippen LogP contribution in [0.15, 0.2) is 91.0 Å². The summed E-state index contributed by atoms with van der Waals surface area (Å²) in [6, 6.07) is 21.5. The molecule has 1 fully saturated rings. The first-order valence-corrected chi connectivity index (χ1v) is 12.0. The number of hydrogen-bond donors (Lipinski definition) is 0. The second-order valence-corrected chi connectivity index (χ2v) is 9.00. The third-order valence-electron chi connectivity index (χ3n) is 6.81. The van der Waals surface area contributed by atoms with Gasteiger partial charge < -0.3 is 9.47 Å². The third-order valence-corrected chi connectivity index (χ3v) is 6.81. The highest BCUT2D eigenvalue weighted by atomic mass is 16.5. The lowest BCUT2D eigenvalue weighted by atomic mass is 9.85. The van der Waals surface area contributed by atoms with Gasteiger partial charge in [0, 0.05) is 11.1 Å². The number of ketones is 1. The molecule has 7 nitrogen and oxygen atoms in total. The molecule has 0 bridgehead atoms. The molecular weight excluding hydrogens is 470 g/mol. The van der Waals surface area contributed by atoms with E-state index >= 15 is 0 Å². The lowest BCUT2D eigenvalue weighted by Gasteiger charge is -2.18. The number of amides is 2. The number of allylic oxidation sites excluding steroid dienone is 2. The van der Waals surface area contributed by atoms with Gasteiger partial charge in [-0.25, -0.2) is 4.79 Å². The van der Waals surface area contributed by atoms with Crippen LogP contribution in [0.5, 0.6) is 5.75 Å². The van der Waals surface area contributed by atoms with E-state index in [1.165, 1.54) is 24.1 Å². The summed E-state index contributed by atoms with van der Waals surface area (Å²) >= 11 is 0. The Kier molecular flexibility index (Phi) is 6.68. The van der Waals surface area contributed by atoms with Crippen molar-refractivity contribution in [2.75, 3.05) is 12.0 Å². The molecule has 7 heteroatoms. The molecule has 1 aliphatic heterocycles. The molecule has 1 heterocycles. The molecule has 3 aromatic carbocycles. The minimum absolute atomic E-state index is 0.199. The number of Topliss-reactive ketones (excluding diaryl/α,β-unsaturated/α-hetero) is 1. The van der Waals surface area contributed by atoms with Crippen LogP contribution in [0.1, 0.15) is 45.2 Å². The topological polar surface area (TPSA) is 90.0 Å². The smallest absolute Gasteiger partial charge is 0.339 e. The van der Waals surface area contributed by atoms with Crippen molar-refractivity contribution in [3.8, 4) is 5.75 Å². The summed E-state index contributed by atoms with van der Waals surface area (Å²) in [6.07, 6.45) is 3.83. The zero-order chi connectivity index (χ0) is 25.9. The van der Waals surface area contributed by atoms with E-state index in [9.17, 15) is 19.2 Å². The van der Waals surface area contributed by atoms with E-state index in [-0.39, 0.29) is 35.0 Å². The largest absolute Gasteiger partial charge is 0.497 e. The van der Waals surface area contributed by atoms with Crippen molar-refractivity contribution in [1.82, 2.24) is 0 Å². The summed E-state index contributed by atoms with van der Waals surface area (Å²) in [5, 5.41) is 0. The minimum Gasteiger partial charge on any atom is -0.497 e. The highest BCUT2D eigenvalue weighted by molar-refractivity contribution is 6.22. The maximum Gasteiger partial charge on any atom is 0.339 e. The molecule has 0 radical (unpaired) electrons. The minimum atomic E-state index is -1.15. The van der Waals surface area contributed by atoms with E-state index in [4.69, 9.17) is 9.47 Å². The summed E-state index contributed by atoms with van der Waals surface area (Å²) in [4.78, 5) is 53.3. The van der Waals surface area contributed by atoms with Gasteiger partial charge in [0.1, 0.15) is 5.75 Å². The Hall–Kier alpha value is -4.52. The second-order valence-electron chi connectivity index (χ2n) is 9.00. The van der Waals surface area contributed by atoms with Crippen LogP contribution < -0.4 is 9.64 Å². The monoisotopic (exact) mass is 495 g/mol. The molecule has 0 saturated carbocycles. The molecular formula is C30H25NO6. The first-order valence-electron chi connectivity index (χ1n) is 12.0. The molecule has 0 aromatic heterocycles. The van der Waals surface area contributed by atoms with E-state index < -0.39 is 12.1 Å². The molecule has 2 amide bonds. The maximum absolute atomic E-state index is 13.3. The maximum atomic E-state index is 13.3. The molecule has 3 aromatic rings. The van der Waals surface area contributed by atoms with Crippen LogP contribution in [-0.2, 0) is 14.3 Å². The number of carbonyl (C=O) groups excluding carboxylic acids is 4. The fourth-order valence-corrected chi connectivity index (χ4v) is 4.78. The van der Waals surface area contributed by atoms with Crippen LogP contribution >= 0.6 is 0 Å². The molecule has 3 atom stereocenters. The first kappa shape index (κ1) is 24.2. The van der Waals surface area contributed by atoms with Crippen LogP contribution in [0.2, 0.25) is 0 Å². The average molecular weight is 496 g/mol. The van der Waals surface area contributed by atoms with Crippen molar-refractivity contribution >= 4 is 29.3 Å². The molecule has 37 heavy (non-hydrogen) atoms. The Bertz CT molecular complexity index is 1340. The molecule has 5 rings (SSSR count). The summed E-state index contributed by atoms with van der Waals surface area (Å²) in [7, 11) is 1.54. The van der Waals surface area contributed by atoms with Crippen molar-refractivity contribution in [3.05, 3.63) is 108 Å². The van der Waals surface area contributed by atoms with E-state index in [2.05, 4.69) is 0 Å². The Morgan fingerprint density at radius 1 is 0.784 bits per heavy atom. The van der Waals surface area contributed by atoms with Gasteiger partial charge in [-0.3, -0.25) is 19.3 Å². The Morgan fingerprint density at radius 3 is 1.92 bits per heavy atom. The number of hydrogen-bond acceptors (Lipinski definition) is 6. The first-order chi connectivity index (χ1) is 18.0. The van der Waals surface area contributed by atoms with Crippen molar-refractivity contribution in [2.24, 2.45) is 11.8 Å². The van der Waals surface area contributed by atoms with Crippen molar-refractivity contribution in [2.45, 2.75) is 18.9 Å². The molecule has 2 aliphatic rings. The van der Waals surface area contributed by atoms with Crippen molar-refractivity contribution in [1.29, 1.82) is 0 Å². The molecule has 0 N–H and O–H groups in total. The van der Waals surface area contributed by atoms with Crippen molar-refractivity contribution in [3.63, 3.8) is 0 Å². The molecule has 0 unspecified atom stereocenters. The standard InChI is InChI=1S/C30H25NO6/c1-36-23-17-13-19(14-18-23)26(32)27(20-7-3-2-4-8-20)37-30(35)21-11-15-22(16-12-21)31-28(33)24-9-5-6-10-25(24)29(31)34/h2-8,11-18,24-25,27H,9-10H2,1H3/t24-,25-,27-/m1/s1. The average Bonchev–Trinajstić information content (AvgIpc) is 3.21. The predicted molar refractivity (Wildman–Crippen MR) is 136 cm³/mol. The van der Waals surface area contributed by atoms with Gasteiger partial charge >= 0.3 is 5.97 Å². The highest BCUT2D eigenvalue weighted by Gasteiger charge is 2.47. The fourth-order valence-electron chi connectivity index (χ4n) is 4.78. The van der Waals surface area contributed by atoms with E-state index in [1.807, 2.05) is 18.2 Å². The number of ether oxygens (including phenoxy) is 2. The Morgan fingerprint density at radius 2 is 1.35 bits per heavy atom. The molecule has 1 saturated heterocycles. The number of imide groups is 1. The zero-order valence-electron chi connectivity index (χ0n) is 20.2. The second kappa shape index (κ2) is 10.2. The molecule has 186 valence electrons. The fraction of sp³-hybridized carbons (Fsp3) is 0.200. The van der Waals surface area contributed by atoms with Gasteiger partial charge in [0.2, 0.25) is 17.6 Å².